The van der Waals surface area contributed by atoms with Crippen molar-refractivity contribution < 1.29 is 4.74 Å². The van der Waals surface area contributed by atoms with Crippen molar-refractivity contribution in [2.45, 2.75) is 32.7 Å². The van der Waals surface area contributed by atoms with Crippen molar-refractivity contribution in [1.82, 2.24) is 15.6 Å². The molecular weight excluding hydrogens is 310 g/mol. The van der Waals surface area contributed by atoms with E-state index in [1.807, 2.05) is 19.0 Å². The lowest BCUT2D eigenvalue weighted by atomic mass is 10.4. The number of aromatic nitrogens is 1. The molecule has 1 heterocycles. The van der Waals surface area contributed by atoms with Gasteiger partial charge in [-0.15, -0.1) is 11.3 Å². The Kier molecular flexibility index (Phi) is 7.61. The van der Waals surface area contributed by atoms with E-state index in [4.69, 9.17) is 4.74 Å². The molecule has 1 aromatic heterocycles. The second-order valence-electron chi connectivity index (χ2n) is 6.01. The van der Waals surface area contributed by atoms with Crippen LogP contribution in [-0.2, 0) is 11.3 Å². The lowest BCUT2D eigenvalue weighted by Crippen LogP contribution is -2.38. The number of hydrogen-bond donors (Lipinski definition) is 2. The molecule has 0 amide bonds. The Bertz CT molecular complexity index is 485. The van der Waals surface area contributed by atoms with Crippen molar-refractivity contribution in [2.24, 2.45) is 10.9 Å². The summed E-state index contributed by atoms with van der Waals surface area (Å²) < 4.78 is 5.64. The van der Waals surface area contributed by atoms with Crippen LogP contribution in [0, 0.1) is 5.92 Å². The molecule has 1 fully saturated rings. The van der Waals surface area contributed by atoms with E-state index in [0.717, 1.165) is 55.4 Å². The lowest BCUT2D eigenvalue weighted by molar-refractivity contribution is 0.123. The van der Waals surface area contributed by atoms with Gasteiger partial charge >= 0.3 is 0 Å². The highest BCUT2D eigenvalue weighted by Gasteiger charge is 2.20. The van der Waals surface area contributed by atoms with E-state index in [9.17, 15) is 0 Å². The summed E-state index contributed by atoms with van der Waals surface area (Å²) in [6, 6.07) is 0. The number of nitrogens with one attached hydrogen (secondary N) is 2. The van der Waals surface area contributed by atoms with E-state index in [1.54, 1.807) is 11.3 Å². The van der Waals surface area contributed by atoms with Gasteiger partial charge in [0.05, 0.1) is 12.2 Å². The van der Waals surface area contributed by atoms with Crippen LogP contribution in [0.1, 0.15) is 31.9 Å². The van der Waals surface area contributed by atoms with Crippen molar-refractivity contribution in [3.05, 3.63) is 11.1 Å². The quantitative estimate of drug-likeness (QED) is 0.388. The molecule has 0 aliphatic heterocycles. The number of hydrogen-bond acceptors (Lipinski definition) is 5. The SMILES string of the molecule is CCNC(=NCc1csc(N(C)C)n1)NCCCOCC1CC1. The van der Waals surface area contributed by atoms with E-state index in [2.05, 4.69) is 32.9 Å². The number of aliphatic imine (C=N–C) groups is 1. The molecular formula is C16H29N5OS. The van der Waals surface area contributed by atoms with Crippen LogP contribution < -0.4 is 15.5 Å². The summed E-state index contributed by atoms with van der Waals surface area (Å²) in [4.78, 5) is 11.2. The van der Waals surface area contributed by atoms with Crippen LogP contribution in [0.4, 0.5) is 5.13 Å². The first-order valence-corrected chi connectivity index (χ1v) is 9.28. The highest BCUT2D eigenvalue weighted by atomic mass is 32.1. The minimum atomic E-state index is 0.595. The van der Waals surface area contributed by atoms with Crippen molar-refractivity contribution in [2.75, 3.05) is 45.3 Å². The highest BCUT2D eigenvalue weighted by molar-refractivity contribution is 7.13. The van der Waals surface area contributed by atoms with Gasteiger partial charge in [0.25, 0.3) is 0 Å². The molecule has 130 valence electrons. The van der Waals surface area contributed by atoms with Crippen molar-refractivity contribution in [3.8, 4) is 0 Å². The predicted molar refractivity (Wildman–Crippen MR) is 97.4 cm³/mol. The molecule has 23 heavy (non-hydrogen) atoms. The van der Waals surface area contributed by atoms with Gasteiger partial charge < -0.3 is 20.3 Å². The first-order valence-electron chi connectivity index (χ1n) is 8.40. The van der Waals surface area contributed by atoms with Crippen molar-refractivity contribution in [3.63, 3.8) is 0 Å². The second kappa shape index (κ2) is 9.72. The summed E-state index contributed by atoms with van der Waals surface area (Å²) in [5.41, 5.74) is 1.00. The van der Waals surface area contributed by atoms with Gasteiger partial charge in [-0.25, -0.2) is 9.98 Å². The largest absolute Gasteiger partial charge is 0.381 e. The molecule has 0 aromatic carbocycles. The van der Waals surface area contributed by atoms with E-state index in [0.29, 0.717) is 6.54 Å². The van der Waals surface area contributed by atoms with Crippen LogP contribution in [0.25, 0.3) is 0 Å². The Morgan fingerprint density at radius 2 is 2.26 bits per heavy atom. The van der Waals surface area contributed by atoms with Crippen LogP contribution in [0.5, 0.6) is 0 Å². The van der Waals surface area contributed by atoms with Crippen LogP contribution in [0.2, 0.25) is 0 Å². The van der Waals surface area contributed by atoms with Crippen molar-refractivity contribution in [1.29, 1.82) is 0 Å². The Morgan fingerprint density at radius 3 is 2.91 bits per heavy atom. The van der Waals surface area contributed by atoms with E-state index in [1.165, 1.54) is 12.8 Å². The average Bonchev–Trinajstić information content (AvgIpc) is 3.22. The second-order valence-corrected chi connectivity index (χ2v) is 6.85. The standard InChI is InChI=1S/C16H29N5OS/c1-4-17-15(18-8-5-9-22-11-13-6-7-13)19-10-14-12-23-16(20-14)21(2)3/h12-13H,4-11H2,1-3H3,(H2,17,18,19). The van der Waals surface area contributed by atoms with Gasteiger partial charge in [-0.3, -0.25) is 0 Å². The number of anilines is 1. The van der Waals surface area contributed by atoms with Gasteiger partial charge in [-0.2, -0.15) is 0 Å². The Morgan fingerprint density at radius 1 is 1.43 bits per heavy atom. The van der Waals surface area contributed by atoms with Gasteiger partial charge in [0.15, 0.2) is 11.1 Å². The third kappa shape index (κ3) is 7.18. The average molecular weight is 340 g/mol. The number of guanidine groups is 1. The molecule has 2 rings (SSSR count). The number of ether oxygens (including phenoxy) is 1. The maximum atomic E-state index is 5.64. The number of nitrogens with zero attached hydrogens (tertiary/aromatic N) is 3. The molecule has 0 unspecified atom stereocenters. The van der Waals surface area contributed by atoms with Crippen LogP contribution >= 0.6 is 11.3 Å². The zero-order valence-corrected chi connectivity index (χ0v) is 15.3. The van der Waals surface area contributed by atoms with Gasteiger partial charge in [0.1, 0.15) is 0 Å². The molecule has 6 nitrogen and oxygen atoms in total. The molecule has 0 saturated heterocycles. The molecule has 2 N–H and O–H groups in total. The maximum Gasteiger partial charge on any atom is 0.191 e. The van der Waals surface area contributed by atoms with Crippen LogP contribution in [0.15, 0.2) is 10.4 Å². The van der Waals surface area contributed by atoms with Crippen LogP contribution in [-0.4, -0.2) is 51.3 Å². The molecule has 0 radical (unpaired) electrons. The summed E-state index contributed by atoms with van der Waals surface area (Å²) >= 11 is 1.65. The van der Waals surface area contributed by atoms with E-state index >= 15 is 0 Å². The molecule has 1 aliphatic rings. The van der Waals surface area contributed by atoms with Crippen molar-refractivity contribution >= 4 is 22.4 Å². The summed E-state index contributed by atoms with van der Waals surface area (Å²) in [7, 11) is 4.01. The zero-order chi connectivity index (χ0) is 16.5. The summed E-state index contributed by atoms with van der Waals surface area (Å²) in [5, 5.41) is 9.69. The zero-order valence-electron chi connectivity index (χ0n) is 14.5. The molecule has 1 saturated carbocycles. The fourth-order valence-corrected chi connectivity index (χ4v) is 2.74. The third-order valence-corrected chi connectivity index (χ3v) is 4.53. The Hall–Kier alpha value is -1.34. The topological polar surface area (TPSA) is 61.8 Å². The lowest BCUT2D eigenvalue weighted by Gasteiger charge is -2.11. The Labute approximate surface area is 143 Å². The van der Waals surface area contributed by atoms with E-state index < -0.39 is 0 Å². The molecule has 0 spiro atoms. The van der Waals surface area contributed by atoms with Gasteiger partial charge in [-0.1, -0.05) is 0 Å². The van der Waals surface area contributed by atoms with Gasteiger partial charge in [0.2, 0.25) is 0 Å². The highest BCUT2D eigenvalue weighted by Crippen LogP contribution is 2.28. The van der Waals surface area contributed by atoms with Crippen LogP contribution in [0.3, 0.4) is 0 Å². The van der Waals surface area contributed by atoms with Gasteiger partial charge in [0, 0.05) is 45.8 Å². The summed E-state index contributed by atoms with van der Waals surface area (Å²) in [5.74, 6) is 1.68. The normalized spacial score (nSPS) is 14.8. The first-order chi connectivity index (χ1) is 11.2. The van der Waals surface area contributed by atoms with Gasteiger partial charge in [-0.05, 0) is 32.1 Å². The molecule has 7 heteroatoms. The molecule has 0 bridgehead atoms. The number of rotatable bonds is 10. The predicted octanol–water partition coefficient (Wildman–Crippen LogP) is 2.08. The summed E-state index contributed by atoms with van der Waals surface area (Å²) in [6.45, 7) is 6.15. The third-order valence-electron chi connectivity index (χ3n) is 3.47. The molecule has 0 atom stereocenters. The summed E-state index contributed by atoms with van der Waals surface area (Å²) in [6.07, 6.45) is 3.70. The number of thiazole rings is 1. The van der Waals surface area contributed by atoms with E-state index in [-0.39, 0.29) is 0 Å². The fourth-order valence-electron chi connectivity index (χ4n) is 1.99. The monoisotopic (exact) mass is 339 g/mol. The molecule has 1 aromatic rings. The minimum Gasteiger partial charge on any atom is -0.381 e. The maximum absolute atomic E-state index is 5.64. The first kappa shape index (κ1) is 18.0. The fraction of sp³-hybridized carbons (Fsp3) is 0.750. The smallest absolute Gasteiger partial charge is 0.191 e. The Balaban J connectivity index is 1.67. The molecule has 1 aliphatic carbocycles. The minimum absolute atomic E-state index is 0.595.